The number of methoxy groups -OCH3 is 1. The van der Waals surface area contributed by atoms with Crippen molar-refractivity contribution in [1.82, 2.24) is 39.5 Å². The molecule has 0 amide bonds. The van der Waals surface area contributed by atoms with E-state index in [1.807, 2.05) is 36.3 Å². The number of fused-ring (bicyclic) bond motifs is 1. The summed E-state index contributed by atoms with van der Waals surface area (Å²) < 4.78 is 22.0. The lowest BCUT2D eigenvalue weighted by molar-refractivity contribution is 0.129. The highest BCUT2D eigenvalue weighted by Gasteiger charge is 2.27. The van der Waals surface area contributed by atoms with E-state index in [1.54, 1.807) is 39.0 Å². The molecule has 0 unspecified atom stereocenters. The summed E-state index contributed by atoms with van der Waals surface area (Å²) in [6, 6.07) is 7.95. The van der Waals surface area contributed by atoms with E-state index in [4.69, 9.17) is 9.72 Å². The van der Waals surface area contributed by atoms with E-state index in [2.05, 4.69) is 80.5 Å². The zero-order valence-electron chi connectivity index (χ0n) is 29.8. The average molecular weight is 775 g/mol. The maximum absolute atomic E-state index is 13.5. The Labute approximate surface area is 307 Å². The molecule has 268 valence electrons. The first-order chi connectivity index (χ1) is 24.6. The molecule has 13 nitrogen and oxygen atoms in total. The maximum Gasteiger partial charge on any atom is 0.229 e. The van der Waals surface area contributed by atoms with Gasteiger partial charge >= 0.3 is 0 Å². The van der Waals surface area contributed by atoms with Gasteiger partial charge in [-0.2, -0.15) is 10.1 Å². The van der Waals surface area contributed by atoms with Crippen molar-refractivity contribution in [3.05, 3.63) is 59.7 Å². The maximum atomic E-state index is 13.5. The number of nitrogens with one attached hydrogen (secondary N) is 2. The molecule has 2 fully saturated rings. The normalized spacial score (nSPS) is 16.5. The van der Waals surface area contributed by atoms with Gasteiger partial charge in [-0.3, -0.25) is 14.6 Å². The molecule has 0 atom stereocenters. The van der Waals surface area contributed by atoms with Gasteiger partial charge in [0.05, 0.1) is 40.0 Å². The van der Waals surface area contributed by atoms with Crippen LogP contribution in [0.3, 0.4) is 0 Å². The highest BCUT2D eigenvalue weighted by atomic mass is 79.9. The lowest BCUT2D eigenvalue weighted by Gasteiger charge is -2.39. The van der Waals surface area contributed by atoms with Gasteiger partial charge in [0.15, 0.2) is 0 Å². The number of halogens is 1. The molecule has 5 heterocycles. The lowest BCUT2D eigenvalue weighted by atomic mass is 9.94. The molecule has 2 aromatic carbocycles. The van der Waals surface area contributed by atoms with Crippen LogP contribution in [-0.4, -0.2) is 113 Å². The predicted octanol–water partition coefficient (Wildman–Crippen LogP) is 5.79. The number of piperazine rings is 1. The molecule has 2 saturated heterocycles. The van der Waals surface area contributed by atoms with Gasteiger partial charge in [-0.05, 0) is 73.3 Å². The predicted molar refractivity (Wildman–Crippen MR) is 209 cm³/mol. The largest absolute Gasteiger partial charge is 0.494 e. The van der Waals surface area contributed by atoms with E-state index in [-0.39, 0.29) is 0 Å². The summed E-state index contributed by atoms with van der Waals surface area (Å²) in [6.07, 6.45) is 11.2. The second kappa shape index (κ2) is 14.9. The highest BCUT2D eigenvalue weighted by Crippen LogP contribution is 2.43. The minimum atomic E-state index is -2.77. The number of benzene rings is 2. The number of likely N-dealkylation sites (N-methyl/N-ethyl adjacent to an activating group) is 1. The van der Waals surface area contributed by atoms with Crippen LogP contribution in [0, 0.1) is 5.92 Å². The molecule has 0 spiro atoms. The summed E-state index contributed by atoms with van der Waals surface area (Å²) in [4.78, 5) is 25.9. The van der Waals surface area contributed by atoms with Crippen LogP contribution in [0.25, 0.3) is 22.2 Å². The average Bonchev–Trinajstić information content (AvgIpc) is 3.56. The Bertz CT molecular complexity index is 2070. The summed E-state index contributed by atoms with van der Waals surface area (Å²) in [5.74, 6) is 2.26. The van der Waals surface area contributed by atoms with Crippen LogP contribution in [0.4, 0.5) is 28.8 Å². The van der Waals surface area contributed by atoms with Crippen LogP contribution in [0.1, 0.15) is 12.8 Å². The number of nitrogens with zero attached hydrogens (tertiary/aromatic N) is 9. The molecule has 2 aliphatic heterocycles. The Morgan fingerprint density at radius 3 is 2.41 bits per heavy atom. The van der Waals surface area contributed by atoms with Crippen molar-refractivity contribution in [1.29, 1.82) is 0 Å². The second-order valence-corrected chi connectivity index (χ2v) is 17.9. The number of hydrogen-bond acceptors (Lipinski definition) is 12. The first-order valence-electron chi connectivity index (χ1n) is 17.3. The van der Waals surface area contributed by atoms with Gasteiger partial charge in [0.25, 0.3) is 0 Å². The van der Waals surface area contributed by atoms with Crippen LogP contribution >= 0.6 is 23.1 Å². The summed E-state index contributed by atoms with van der Waals surface area (Å²) in [6.45, 7) is 11.2. The zero-order chi connectivity index (χ0) is 35.7. The van der Waals surface area contributed by atoms with Crippen molar-refractivity contribution < 1.29 is 9.30 Å². The molecule has 51 heavy (non-hydrogen) atoms. The third-order valence-corrected chi connectivity index (χ3v) is 11.9. The van der Waals surface area contributed by atoms with E-state index < -0.39 is 7.14 Å². The number of anilines is 5. The second-order valence-electron chi connectivity index (χ2n) is 13.9. The molecule has 2 N–H and O–H groups in total. The Balaban J connectivity index is 1.16. The summed E-state index contributed by atoms with van der Waals surface area (Å²) in [5, 5.41) is 11.9. The molecule has 2 aliphatic rings. The minimum Gasteiger partial charge on any atom is -0.494 e. The number of ether oxygens (including phenoxy) is 1. The summed E-state index contributed by atoms with van der Waals surface area (Å²) in [7, 11) is 3.06. The quantitative estimate of drug-likeness (QED) is 0.167. The molecule has 0 aliphatic carbocycles. The first-order valence-corrected chi connectivity index (χ1v) is 20.7. The van der Waals surface area contributed by atoms with E-state index in [9.17, 15) is 4.57 Å². The van der Waals surface area contributed by atoms with Crippen molar-refractivity contribution in [3.63, 3.8) is 0 Å². The van der Waals surface area contributed by atoms with Crippen molar-refractivity contribution in [2.75, 3.05) is 88.8 Å². The van der Waals surface area contributed by atoms with Gasteiger partial charge in [-0.1, -0.05) is 0 Å². The Morgan fingerprint density at radius 2 is 1.71 bits per heavy atom. The van der Waals surface area contributed by atoms with Crippen LogP contribution in [-0.2, 0) is 11.6 Å². The molecule has 7 rings (SSSR count). The fourth-order valence-electron chi connectivity index (χ4n) is 7.07. The third-order valence-electron chi connectivity index (χ3n) is 9.80. The number of aryl methyl sites for hydroxylation is 1. The Hall–Kier alpha value is -4.10. The Kier molecular flexibility index (Phi) is 10.3. The smallest absolute Gasteiger partial charge is 0.229 e. The van der Waals surface area contributed by atoms with Crippen molar-refractivity contribution in [3.8, 4) is 16.9 Å². The SMILES string of the molecule is COc1cc(N2CCC(CN3CCN(C)CC3)CC2)c(-c2cnn(C)c2)cc1Nc1ncc(Br)c(Nc2ccc3nccnc3c2P(C)(C)=O)n1. The Morgan fingerprint density at radius 1 is 0.941 bits per heavy atom. The van der Waals surface area contributed by atoms with Crippen LogP contribution in [0.5, 0.6) is 5.75 Å². The lowest BCUT2D eigenvalue weighted by Crippen LogP contribution is -2.47. The molecule has 0 bridgehead atoms. The number of piperidine rings is 1. The number of hydrogen-bond donors (Lipinski definition) is 2. The standard InChI is InChI=1S/C36H45BrN11O2P/c1-45-14-16-47(17-15-45)22-24-8-12-48(13-9-24)31-19-32(50-3)30(18-26(31)25-20-41-46(2)23-25)43-36-40-21-27(37)35(44-36)42-29-7-6-28-33(39-11-10-38-28)34(29)51(4,5)49/h6-7,10-11,18-21,23-24H,8-9,12-17,22H2,1-5H3,(H2,40,42,43,44). The van der Waals surface area contributed by atoms with Gasteiger partial charge in [0, 0.05) is 101 Å². The molecule has 0 radical (unpaired) electrons. The molecule has 3 aromatic heterocycles. The molecular weight excluding hydrogens is 729 g/mol. The van der Waals surface area contributed by atoms with Crippen molar-refractivity contribution in [2.24, 2.45) is 13.0 Å². The zero-order valence-corrected chi connectivity index (χ0v) is 32.3. The van der Waals surface area contributed by atoms with Crippen molar-refractivity contribution in [2.45, 2.75) is 12.8 Å². The van der Waals surface area contributed by atoms with Gasteiger partial charge in [-0.25, -0.2) is 4.98 Å². The van der Waals surface area contributed by atoms with Gasteiger partial charge in [0.1, 0.15) is 24.2 Å². The molecular formula is C36H45BrN11O2P. The van der Waals surface area contributed by atoms with E-state index >= 15 is 0 Å². The highest BCUT2D eigenvalue weighted by molar-refractivity contribution is 9.10. The van der Waals surface area contributed by atoms with Gasteiger partial charge in [-0.15, -0.1) is 0 Å². The minimum absolute atomic E-state index is 0.368. The van der Waals surface area contributed by atoms with E-state index in [0.717, 1.165) is 74.6 Å². The van der Waals surface area contributed by atoms with Crippen LogP contribution < -0.4 is 25.6 Å². The summed E-state index contributed by atoms with van der Waals surface area (Å²) >= 11 is 3.60. The number of rotatable bonds is 10. The van der Waals surface area contributed by atoms with Gasteiger partial charge in [0.2, 0.25) is 5.95 Å². The van der Waals surface area contributed by atoms with Crippen LogP contribution in [0.15, 0.2) is 59.7 Å². The van der Waals surface area contributed by atoms with E-state index in [1.165, 1.54) is 6.54 Å². The monoisotopic (exact) mass is 773 g/mol. The van der Waals surface area contributed by atoms with E-state index in [0.29, 0.717) is 49.9 Å². The summed E-state index contributed by atoms with van der Waals surface area (Å²) in [5.41, 5.74) is 5.86. The molecule has 5 aromatic rings. The first kappa shape index (κ1) is 35.3. The molecule has 0 saturated carbocycles. The topological polar surface area (TPSA) is 129 Å². The molecule has 15 heteroatoms. The van der Waals surface area contributed by atoms with Crippen molar-refractivity contribution >= 4 is 68.2 Å². The van der Waals surface area contributed by atoms with Crippen LogP contribution in [0.2, 0.25) is 0 Å². The third kappa shape index (κ3) is 7.89. The fraction of sp³-hybridized carbons (Fsp3) is 0.417. The number of aromatic nitrogens is 6. The fourth-order valence-corrected chi connectivity index (χ4v) is 8.75. The van der Waals surface area contributed by atoms with Gasteiger partial charge < -0.3 is 34.6 Å².